The molecule has 6 nitrogen and oxygen atoms in total. The number of hydrogen-bond acceptors (Lipinski definition) is 5. The van der Waals surface area contributed by atoms with Gasteiger partial charge in [-0.1, -0.05) is 55.5 Å². The standard InChI is InChI=1S/C15H16N4O2S/c1-10(2)12(11-6-4-3-5-7-11)16-13-14(19(20)21)18-8-9-22-15(18)17-13/h3-10,12,16H,1-2H3. The van der Waals surface area contributed by atoms with E-state index in [1.165, 1.54) is 15.7 Å². The molecule has 3 aromatic rings. The molecule has 0 radical (unpaired) electrons. The lowest BCUT2D eigenvalue weighted by Gasteiger charge is -2.22. The van der Waals surface area contributed by atoms with Crippen molar-refractivity contribution in [2.45, 2.75) is 19.9 Å². The molecule has 1 atom stereocenters. The fourth-order valence-corrected chi connectivity index (χ4v) is 3.20. The topological polar surface area (TPSA) is 72.5 Å². The van der Waals surface area contributed by atoms with E-state index < -0.39 is 4.92 Å². The monoisotopic (exact) mass is 316 g/mol. The first-order valence-corrected chi connectivity index (χ1v) is 7.87. The zero-order valence-electron chi connectivity index (χ0n) is 12.3. The van der Waals surface area contributed by atoms with Crippen LogP contribution in [0.25, 0.3) is 4.96 Å². The lowest BCUT2D eigenvalue weighted by molar-refractivity contribution is -0.389. The van der Waals surface area contributed by atoms with Crippen LogP contribution in [0, 0.1) is 16.0 Å². The predicted molar refractivity (Wildman–Crippen MR) is 87.4 cm³/mol. The van der Waals surface area contributed by atoms with Gasteiger partial charge in [0.2, 0.25) is 5.82 Å². The van der Waals surface area contributed by atoms with Crippen molar-refractivity contribution in [3.05, 3.63) is 57.6 Å². The Labute approximate surface area is 131 Å². The summed E-state index contributed by atoms with van der Waals surface area (Å²) < 4.78 is 1.51. The fourth-order valence-electron chi connectivity index (χ4n) is 2.49. The molecule has 1 N–H and O–H groups in total. The summed E-state index contributed by atoms with van der Waals surface area (Å²) in [6.07, 6.45) is 1.67. The maximum Gasteiger partial charge on any atom is 0.372 e. The van der Waals surface area contributed by atoms with Gasteiger partial charge in [-0.25, -0.2) is 0 Å². The maximum atomic E-state index is 11.4. The number of benzene rings is 1. The van der Waals surface area contributed by atoms with Gasteiger partial charge in [0.25, 0.3) is 4.96 Å². The van der Waals surface area contributed by atoms with E-state index in [0.717, 1.165) is 5.56 Å². The van der Waals surface area contributed by atoms with E-state index in [4.69, 9.17) is 0 Å². The summed E-state index contributed by atoms with van der Waals surface area (Å²) in [4.78, 5) is 16.0. The van der Waals surface area contributed by atoms with Crippen molar-refractivity contribution < 1.29 is 4.92 Å². The molecule has 22 heavy (non-hydrogen) atoms. The molecule has 0 spiro atoms. The molecule has 2 aromatic heterocycles. The van der Waals surface area contributed by atoms with Gasteiger partial charge in [-0.05, 0) is 16.4 Å². The van der Waals surface area contributed by atoms with Crippen molar-refractivity contribution in [2.24, 2.45) is 5.92 Å². The number of anilines is 1. The highest BCUT2D eigenvalue weighted by molar-refractivity contribution is 7.15. The van der Waals surface area contributed by atoms with Crippen LogP contribution in [0.3, 0.4) is 0 Å². The van der Waals surface area contributed by atoms with Gasteiger partial charge in [-0.15, -0.1) is 0 Å². The Hall–Kier alpha value is -2.41. The number of aromatic nitrogens is 2. The number of rotatable bonds is 5. The van der Waals surface area contributed by atoms with Crippen molar-refractivity contribution in [1.29, 1.82) is 0 Å². The molecule has 0 aliphatic rings. The molecule has 0 fully saturated rings. The van der Waals surface area contributed by atoms with E-state index in [0.29, 0.717) is 10.8 Å². The molecule has 2 heterocycles. The lowest BCUT2D eigenvalue weighted by atomic mass is 9.96. The van der Waals surface area contributed by atoms with Gasteiger partial charge < -0.3 is 15.4 Å². The van der Waals surface area contributed by atoms with E-state index in [-0.39, 0.29) is 17.8 Å². The zero-order valence-corrected chi connectivity index (χ0v) is 13.1. The second-order valence-electron chi connectivity index (χ2n) is 5.37. The van der Waals surface area contributed by atoms with Gasteiger partial charge in [0, 0.05) is 5.38 Å². The number of hydrogen-bond donors (Lipinski definition) is 1. The van der Waals surface area contributed by atoms with E-state index in [2.05, 4.69) is 24.1 Å². The molecule has 7 heteroatoms. The summed E-state index contributed by atoms with van der Waals surface area (Å²) >= 11 is 1.38. The van der Waals surface area contributed by atoms with Crippen molar-refractivity contribution in [3.63, 3.8) is 0 Å². The summed E-state index contributed by atoms with van der Waals surface area (Å²) in [6, 6.07) is 9.88. The molecule has 0 aliphatic heterocycles. The van der Waals surface area contributed by atoms with Crippen LogP contribution in [0.1, 0.15) is 25.5 Å². The molecule has 0 saturated carbocycles. The Morgan fingerprint density at radius 3 is 2.68 bits per heavy atom. The van der Waals surface area contributed by atoms with E-state index in [1.807, 2.05) is 30.3 Å². The van der Waals surface area contributed by atoms with Crippen LogP contribution < -0.4 is 5.32 Å². The molecule has 0 saturated heterocycles. The normalized spacial score (nSPS) is 12.7. The molecule has 114 valence electrons. The van der Waals surface area contributed by atoms with Crippen LogP contribution in [0.2, 0.25) is 0 Å². The van der Waals surface area contributed by atoms with Gasteiger partial charge in [0.05, 0.1) is 6.04 Å². The minimum atomic E-state index is -0.391. The van der Waals surface area contributed by atoms with E-state index in [1.54, 1.807) is 11.6 Å². The highest BCUT2D eigenvalue weighted by Crippen LogP contribution is 2.33. The molecule has 0 aliphatic carbocycles. The summed E-state index contributed by atoms with van der Waals surface area (Å²) in [5.74, 6) is 0.568. The number of nitrogens with zero attached hydrogens (tertiary/aromatic N) is 3. The number of nitrogens with one attached hydrogen (secondary N) is 1. The van der Waals surface area contributed by atoms with Gasteiger partial charge in [0.1, 0.15) is 6.20 Å². The van der Waals surface area contributed by atoms with Gasteiger partial charge in [-0.2, -0.15) is 9.38 Å². The number of nitro groups is 1. The Bertz CT molecular complexity index is 794. The molecule has 3 rings (SSSR count). The van der Waals surface area contributed by atoms with Crippen LogP contribution in [0.4, 0.5) is 11.6 Å². The van der Waals surface area contributed by atoms with Crippen LogP contribution in [0.15, 0.2) is 41.9 Å². The number of imidazole rings is 1. The first-order chi connectivity index (χ1) is 10.6. The predicted octanol–water partition coefficient (Wildman–Crippen LogP) is 4.11. The van der Waals surface area contributed by atoms with E-state index >= 15 is 0 Å². The largest absolute Gasteiger partial charge is 0.372 e. The molecule has 0 amide bonds. The zero-order chi connectivity index (χ0) is 15.7. The Morgan fingerprint density at radius 1 is 1.32 bits per heavy atom. The Balaban J connectivity index is 2.02. The molecule has 1 unspecified atom stereocenters. The Kier molecular flexibility index (Phi) is 3.81. The third-order valence-corrected chi connectivity index (χ3v) is 4.28. The summed E-state index contributed by atoms with van der Waals surface area (Å²) in [6.45, 7) is 4.16. The lowest BCUT2D eigenvalue weighted by Crippen LogP contribution is -2.17. The second-order valence-corrected chi connectivity index (χ2v) is 6.25. The van der Waals surface area contributed by atoms with Crippen LogP contribution in [-0.4, -0.2) is 14.3 Å². The van der Waals surface area contributed by atoms with Crippen LogP contribution >= 0.6 is 11.3 Å². The summed E-state index contributed by atoms with van der Waals surface area (Å²) in [5, 5.41) is 16.4. The Morgan fingerprint density at radius 2 is 2.05 bits per heavy atom. The minimum absolute atomic E-state index is 0.0159. The smallest absolute Gasteiger partial charge is 0.358 e. The van der Waals surface area contributed by atoms with Crippen molar-refractivity contribution in [1.82, 2.24) is 9.38 Å². The first-order valence-electron chi connectivity index (χ1n) is 6.99. The quantitative estimate of drug-likeness (QED) is 0.568. The average molecular weight is 316 g/mol. The number of thiazole rings is 1. The molecular weight excluding hydrogens is 300 g/mol. The number of fused-ring (bicyclic) bond motifs is 1. The highest BCUT2D eigenvalue weighted by atomic mass is 32.1. The third kappa shape index (κ3) is 2.55. The highest BCUT2D eigenvalue weighted by Gasteiger charge is 2.27. The van der Waals surface area contributed by atoms with Crippen molar-refractivity contribution in [2.75, 3.05) is 5.32 Å². The molecule has 1 aromatic carbocycles. The molecule has 0 bridgehead atoms. The van der Waals surface area contributed by atoms with Gasteiger partial charge in [0.15, 0.2) is 0 Å². The van der Waals surface area contributed by atoms with Crippen molar-refractivity contribution in [3.8, 4) is 0 Å². The van der Waals surface area contributed by atoms with Gasteiger partial charge in [-0.3, -0.25) is 0 Å². The fraction of sp³-hybridized carbons (Fsp3) is 0.267. The van der Waals surface area contributed by atoms with E-state index in [9.17, 15) is 10.1 Å². The summed E-state index contributed by atoms with van der Waals surface area (Å²) in [7, 11) is 0. The minimum Gasteiger partial charge on any atom is -0.358 e. The third-order valence-electron chi connectivity index (χ3n) is 3.53. The van der Waals surface area contributed by atoms with Gasteiger partial charge >= 0.3 is 5.82 Å². The second kappa shape index (κ2) is 5.76. The van der Waals surface area contributed by atoms with Crippen molar-refractivity contribution >= 4 is 27.9 Å². The van der Waals surface area contributed by atoms with Crippen LogP contribution in [0.5, 0.6) is 0 Å². The maximum absolute atomic E-state index is 11.4. The molecular formula is C15H16N4O2S. The van der Waals surface area contributed by atoms with Crippen LogP contribution in [-0.2, 0) is 0 Å². The SMILES string of the molecule is CC(C)C(Nc1nc2sccn2c1[N+](=O)[O-])c1ccccc1. The average Bonchev–Trinajstić information content (AvgIpc) is 3.04. The first kappa shape index (κ1) is 14.5. The summed E-state index contributed by atoms with van der Waals surface area (Å²) in [5.41, 5.74) is 1.09.